The number of aromatic amines is 1. The number of hydrogen-bond donors (Lipinski definition) is 2. The van der Waals surface area contributed by atoms with Gasteiger partial charge < -0.3 is 10.2 Å². The van der Waals surface area contributed by atoms with Crippen molar-refractivity contribution in [3.63, 3.8) is 0 Å². The topological polar surface area (TPSA) is 61.0 Å². The number of aromatic nitrogens is 2. The molecule has 27 heavy (non-hydrogen) atoms. The fourth-order valence-electron chi connectivity index (χ4n) is 3.03. The summed E-state index contributed by atoms with van der Waals surface area (Å²) in [6.07, 6.45) is 1.56. The van der Waals surface area contributed by atoms with Gasteiger partial charge in [-0.3, -0.25) is 9.78 Å². The molecule has 0 spiro atoms. The lowest BCUT2D eigenvalue weighted by Crippen LogP contribution is -2.37. The summed E-state index contributed by atoms with van der Waals surface area (Å²) in [7, 11) is 4.13. The SMILES string of the molecule is CN(C)[C@@H](CNc1nc(Cc2ccccc2)cc(=O)[nH]1)Cc1ccccc1. The molecule has 2 N–H and O–H groups in total. The Kier molecular flexibility index (Phi) is 6.39. The van der Waals surface area contributed by atoms with Crippen LogP contribution in [0.15, 0.2) is 71.5 Å². The van der Waals surface area contributed by atoms with Gasteiger partial charge in [-0.25, -0.2) is 4.98 Å². The Morgan fingerprint density at radius 1 is 1.00 bits per heavy atom. The van der Waals surface area contributed by atoms with Crippen LogP contribution in [0.1, 0.15) is 16.8 Å². The van der Waals surface area contributed by atoms with E-state index in [0.29, 0.717) is 18.9 Å². The molecule has 0 aliphatic carbocycles. The summed E-state index contributed by atoms with van der Waals surface area (Å²) in [6, 6.07) is 22.3. The lowest BCUT2D eigenvalue weighted by Gasteiger charge is -2.25. The fourth-order valence-corrected chi connectivity index (χ4v) is 3.03. The zero-order chi connectivity index (χ0) is 19.1. The molecule has 1 aromatic heterocycles. The second-order valence-electron chi connectivity index (χ2n) is 6.94. The Hall–Kier alpha value is -2.92. The predicted octanol–water partition coefficient (Wildman–Crippen LogP) is 2.95. The first-order valence-corrected chi connectivity index (χ1v) is 9.18. The van der Waals surface area contributed by atoms with E-state index in [2.05, 4.69) is 58.5 Å². The van der Waals surface area contributed by atoms with E-state index in [1.54, 1.807) is 6.07 Å². The van der Waals surface area contributed by atoms with Crippen LogP contribution >= 0.6 is 0 Å². The van der Waals surface area contributed by atoms with Crippen molar-refractivity contribution in [2.24, 2.45) is 0 Å². The van der Waals surface area contributed by atoms with Gasteiger partial charge in [0.25, 0.3) is 5.56 Å². The van der Waals surface area contributed by atoms with Crippen LogP contribution in [0.4, 0.5) is 5.95 Å². The molecule has 0 aliphatic heterocycles. The molecule has 0 radical (unpaired) electrons. The van der Waals surface area contributed by atoms with E-state index in [9.17, 15) is 4.79 Å². The summed E-state index contributed by atoms with van der Waals surface area (Å²) in [6.45, 7) is 0.694. The lowest BCUT2D eigenvalue weighted by atomic mass is 10.1. The van der Waals surface area contributed by atoms with Crippen molar-refractivity contribution in [2.75, 3.05) is 26.0 Å². The summed E-state index contributed by atoms with van der Waals surface area (Å²) in [4.78, 5) is 21.6. The molecule has 0 saturated heterocycles. The Bertz CT molecular complexity index is 891. The quantitative estimate of drug-likeness (QED) is 0.647. The van der Waals surface area contributed by atoms with Gasteiger partial charge in [0.15, 0.2) is 0 Å². The number of hydrogen-bond acceptors (Lipinski definition) is 4. The normalized spacial score (nSPS) is 12.1. The molecule has 5 nitrogen and oxygen atoms in total. The van der Waals surface area contributed by atoms with Crippen LogP contribution in [0.3, 0.4) is 0 Å². The lowest BCUT2D eigenvalue weighted by molar-refractivity contribution is 0.303. The van der Waals surface area contributed by atoms with Crippen molar-refractivity contribution < 1.29 is 0 Å². The third-order valence-electron chi connectivity index (χ3n) is 4.57. The van der Waals surface area contributed by atoms with Crippen LogP contribution in [-0.2, 0) is 12.8 Å². The van der Waals surface area contributed by atoms with Crippen molar-refractivity contribution in [1.29, 1.82) is 0 Å². The minimum Gasteiger partial charge on any atom is -0.354 e. The molecule has 0 fully saturated rings. The maximum atomic E-state index is 12.0. The van der Waals surface area contributed by atoms with E-state index < -0.39 is 0 Å². The van der Waals surface area contributed by atoms with Gasteiger partial charge in [-0.2, -0.15) is 0 Å². The van der Waals surface area contributed by atoms with Crippen molar-refractivity contribution in [3.8, 4) is 0 Å². The summed E-state index contributed by atoms with van der Waals surface area (Å²) in [5, 5.41) is 3.31. The molecule has 3 aromatic rings. The Morgan fingerprint density at radius 3 is 2.26 bits per heavy atom. The van der Waals surface area contributed by atoms with Crippen molar-refractivity contribution in [1.82, 2.24) is 14.9 Å². The molecule has 0 unspecified atom stereocenters. The maximum absolute atomic E-state index is 12.0. The maximum Gasteiger partial charge on any atom is 0.252 e. The molecule has 0 saturated carbocycles. The number of H-pyrrole nitrogens is 1. The average molecular weight is 362 g/mol. The first-order valence-electron chi connectivity index (χ1n) is 9.18. The molecule has 0 amide bonds. The average Bonchev–Trinajstić information content (AvgIpc) is 2.66. The predicted molar refractivity (Wildman–Crippen MR) is 110 cm³/mol. The molecule has 5 heteroatoms. The van der Waals surface area contributed by atoms with E-state index in [1.165, 1.54) is 5.56 Å². The summed E-state index contributed by atoms with van der Waals surface area (Å²) >= 11 is 0. The van der Waals surface area contributed by atoms with E-state index in [-0.39, 0.29) is 11.6 Å². The van der Waals surface area contributed by atoms with Crippen LogP contribution < -0.4 is 10.9 Å². The Labute approximate surface area is 160 Å². The van der Waals surface area contributed by atoms with Gasteiger partial charge in [0, 0.05) is 25.1 Å². The van der Waals surface area contributed by atoms with Crippen molar-refractivity contribution >= 4 is 5.95 Å². The van der Waals surface area contributed by atoms with Crippen molar-refractivity contribution in [3.05, 3.63) is 93.9 Å². The Balaban J connectivity index is 1.67. The molecule has 3 rings (SSSR count). The van der Waals surface area contributed by atoms with Gasteiger partial charge in [0.05, 0.1) is 5.69 Å². The van der Waals surface area contributed by atoms with Crippen LogP contribution in [-0.4, -0.2) is 41.5 Å². The van der Waals surface area contributed by atoms with E-state index in [1.807, 2.05) is 36.4 Å². The summed E-state index contributed by atoms with van der Waals surface area (Å²) in [5.41, 5.74) is 3.05. The molecule has 1 heterocycles. The molecule has 140 valence electrons. The zero-order valence-electron chi connectivity index (χ0n) is 15.9. The molecule has 1 atom stereocenters. The van der Waals surface area contributed by atoms with E-state index >= 15 is 0 Å². The van der Waals surface area contributed by atoms with Crippen molar-refractivity contribution in [2.45, 2.75) is 18.9 Å². The molecule has 0 bridgehead atoms. The van der Waals surface area contributed by atoms with Crippen LogP contribution in [0.5, 0.6) is 0 Å². The van der Waals surface area contributed by atoms with Gasteiger partial charge in [0.1, 0.15) is 0 Å². The monoisotopic (exact) mass is 362 g/mol. The molecule has 0 aliphatic rings. The highest BCUT2D eigenvalue weighted by Crippen LogP contribution is 2.09. The summed E-state index contributed by atoms with van der Waals surface area (Å²) < 4.78 is 0. The van der Waals surface area contributed by atoms with E-state index in [4.69, 9.17) is 0 Å². The van der Waals surface area contributed by atoms with Gasteiger partial charge in [-0.15, -0.1) is 0 Å². The third kappa shape index (κ3) is 5.79. The number of nitrogens with zero attached hydrogens (tertiary/aromatic N) is 2. The first kappa shape index (κ1) is 18.9. The molecular formula is C22H26N4O. The number of nitrogens with one attached hydrogen (secondary N) is 2. The highest BCUT2D eigenvalue weighted by Gasteiger charge is 2.13. The second-order valence-corrected chi connectivity index (χ2v) is 6.94. The first-order chi connectivity index (χ1) is 13.1. The van der Waals surface area contributed by atoms with Crippen LogP contribution in [0.25, 0.3) is 0 Å². The van der Waals surface area contributed by atoms with Gasteiger partial charge in [-0.05, 0) is 31.6 Å². The highest BCUT2D eigenvalue weighted by molar-refractivity contribution is 5.29. The number of benzene rings is 2. The second kappa shape index (κ2) is 9.14. The van der Waals surface area contributed by atoms with Crippen LogP contribution in [0, 0.1) is 0 Å². The van der Waals surface area contributed by atoms with Crippen LogP contribution in [0.2, 0.25) is 0 Å². The standard InChI is InChI=1S/C22H26N4O/c1-26(2)20(14-18-11-7-4-8-12-18)16-23-22-24-19(15-21(27)25-22)13-17-9-5-3-6-10-17/h3-12,15,20H,13-14,16H2,1-2H3,(H2,23,24,25,27)/t20-/m1/s1. The zero-order valence-corrected chi connectivity index (χ0v) is 15.9. The molecule has 2 aromatic carbocycles. The van der Waals surface area contributed by atoms with Gasteiger partial charge in [-0.1, -0.05) is 60.7 Å². The molecular weight excluding hydrogens is 336 g/mol. The van der Waals surface area contributed by atoms with Gasteiger partial charge >= 0.3 is 0 Å². The van der Waals surface area contributed by atoms with E-state index in [0.717, 1.165) is 17.7 Å². The minimum absolute atomic E-state index is 0.136. The number of anilines is 1. The minimum atomic E-state index is -0.136. The number of rotatable bonds is 8. The largest absolute Gasteiger partial charge is 0.354 e. The Morgan fingerprint density at radius 2 is 1.63 bits per heavy atom. The highest BCUT2D eigenvalue weighted by atomic mass is 16.1. The fraction of sp³-hybridized carbons (Fsp3) is 0.273. The summed E-state index contributed by atoms with van der Waals surface area (Å²) in [5.74, 6) is 0.522. The smallest absolute Gasteiger partial charge is 0.252 e. The van der Waals surface area contributed by atoms with Gasteiger partial charge in [0.2, 0.25) is 5.95 Å². The third-order valence-corrected chi connectivity index (χ3v) is 4.57. The number of likely N-dealkylation sites (N-methyl/N-ethyl adjacent to an activating group) is 1.